The molecule has 0 unspecified atom stereocenters. The summed E-state index contributed by atoms with van der Waals surface area (Å²) in [5.74, 6) is 2.46. The molecule has 2 nitrogen and oxygen atoms in total. The van der Waals surface area contributed by atoms with E-state index >= 15 is 0 Å². The highest BCUT2D eigenvalue weighted by molar-refractivity contribution is 8.16. The van der Waals surface area contributed by atoms with Crippen molar-refractivity contribution in [3.63, 3.8) is 0 Å². The van der Waals surface area contributed by atoms with Gasteiger partial charge in [-0.1, -0.05) is 48.9 Å². The topological polar surface area (TPSA) is 6.48 Å². The fourth-order valence-electron chi connectivity index (χ4n) is 3.80. The Balaban J connectivity index is 1.72. The van der Waals surface area contributed by atoms with Gasteiger partial charge in [0.05, 0.1) is 9.60 Å². The van der Waals surface area contributed by atoms with Gasteiger partial charge in [-0.2, -0.15) is 0 Å². The highest BCUT2D eigenvalue weighted by atomic mass is 35.5. The number of rotatable bonds is 4. The molecule has 0 amide bonds. The van der Waals surface area contributed by atoms with Crippen LogP contribution in [0.1, 0.15) is 23.5 Å². The number of anilines is 1. The Hall–Kier alpha value is -0.810. The van der Waals surface area contributed by atoms with Gasteiger partial charge in [0.1, 0.15) is 0 Å². The minimum atomic E-state index is 0.450. The molecule has 0 bridgehead atoms. The number of hydrogen-bond donors (Lipinski definition) is 0. The molecule has 0 spiro atoms. The lowest BCUT2D eigenvalue weighted by atomic mass is 10.0. The highest BCUT2D eigenvalue weighted by Crippen LogP contribution is 2.49. The molecule has 2 saturated heterocycles. The summed E-state index contributed by atoms with van der Waals surface area (Å²) in [6, 6.07) is 15.3. The van der Waals surface area contributed by atoms with Crippen LogP contribution in [-0.2, 0) is 0 Å². The van der Waals surface area contributed by atoms with Crippen LogP contribution in [0, 0.1) is 0 Å². The second-order valence-electron chi connectivity index (χ2n) is 7.11. The summed E-state index contributed by atoms with van der Waals surface area (Å²) in [7, 11) is 0. The van der Waals surface area contributed by atoms with Gasteiger partial charge in [0.25, 0.3) is 0 Å². The van der Waals surface area contributed by atoms with Crippen LogP contribution < -0.4 is 4.90 Å². The zero-order valence-corrected chi connectivity index (χ0v) is 18.3. The van der Waals surface area contributed by atoms with Crippen LogP contribution in [0.5, 0.6) is 0 Å². The SMILES string of the molecule is CCN1CCN(c2cc(-c3ccccc3)c(Cl)c(C3SCCCS3)c2)CC1. The number of hydrogen-bond acceptors (Lipinski definition) is 4. The van der Waals surface area contributed by atoms with Crippen LogP contribution in [0.15, 0.2) is 42.5 Å². The zero-order chi connectivity index (χ0) is 18.6. The van der Waals surface area contributed by atoms with Crippen molar-refractivity contribution in [1.82, 2.24) is 4.90 Å². The predicted octanol–water partition coefficient (Wildman–Crippen LogP) is 6.02. The summed E-state index contributed by atoms with van der Waals surface area (Å²) in [6.07, 6.45) is 1.30. The average molecular weight is 419 g/mol. The third kappa shape index (κ3) is 4.45. The quantitative estimate of drug-likeness (QED) is 0.598. The van der Waals surface area contributed by atoms with Gasteiger partial charge in [0.2, 0.25) is 0 Å². The Morgan fingerprint density at radius 2 is 1.70 bits per heavy atom. The third-order valence-electron chi connectivity index (χ3n) is 5.44. The Morgan fingerprint density at radius 3 is 2.37 bits per heavy atom. The molecule has 0 N–H and O–H groups in total. The fraction of sp³-hybridized carbons (Fsp3) is 0.455. The van der Waals surface area contributed by atoms with Gasteiger partial charge in [-0.3, -0.25) is 0 Å². The van der Waals surface area contributed by atoms with E-state index in [1.54, 1.807) is 0 Å². The number of halogens is 1. The molecule has 2 fully saturated rings. The molecule has 0 saturated carbocycles. The van der Waals surface area contributed by atoms with E-state index in [9.17, 15) is 0 Å². The van der Waals surface area contributed by atoms with E-state index in [1.807, 2.05) is 23.5 Å². The summed E-state index contributed by atoms with van der Waals surface area (Å²) in [5, 5.41) is 0.934. The van der Waals surface area contributed by atoms with Crippen LogP contribution in [0.4, 0.5) is 5.69 Å². The monoisotopic (exact) mass is 418 g/mol. The molecule has 27 heavy (non-hydrogen) atoms. The number of benzene rings is 2. The maximum atomic E-state index is 6.98. The maximum Gasteiger partial charge on any atom is 0.0766 e. The van der Waals surface area contributed by atoms with Crippen molar-refractivity contribution in [1.29, 1.82) is 0 Å². The van der Waals surface area contributed by atoms with Gasteiger partial charge in [-0.15, -0.1) is 23.5 Å². The van der Waals surface area contributed by atoms with Gasteiger partial charge < -0.3 is 9.80 Å². The first kappa shape index (κ1) is 19.5. The van der Waals surface area contributed by atoms with Crippen molar-refractivity contribution < 1.29 is 0 Å². The molecule has 4 rings (SSSR count). The first-order chi connectivity index (χ1) is 13.3. The summed E-state index contributed by atoms with van der Waals surface area (Å²) in [6.45, 7) is 7.86. The molecule has 2 aliphatic heterocycles. The van der Waals surface area contributed by atoms with Crippen LogP contribution in [0.3, 0.4) is 0 Å². The summed E-state index contributed by atoms with van der Waals surface area (Å²) in [5.41, 5.74) is 5.02. The molecular weight excluding hydrogens is 392 g/mol. The van der Waals surface area contributed by atoms with Crippen LogP contribution >= 0.6 is 35.1 Å². The molecule has 0 aliphatic carbocycles. The molecule has 144 valence electrons. The number of likely N-dealkylation sites (N-methyl/N-ethyl adjacent to an activating group) is 1. The molecule has 2 aromatic carbocycles. The number of thioether (sulfide) groups is 2. The molecule has 0 radical (unpaired) electrons. The Kier molecular flexibility index (Phi) is 6.59. The molecule has 0 aromatic heterocycles. The predicted molar refractivity (Wildman–Crippen MR) is 123 cm³/mol. The fourth-order valence-corrected chi connectivity index (χ4v) is 7.19. The average Bonchev–Trinajstić information content (AvgIpc) is 2.75. The Labute approximate surface area is 176 Å². The van der Waals surface area contributed by atoms with Crippen LogP contribution in [0.25, 0.3) is 11.1 Å². The van der Waals surface area contributed by atoms with Crippen molar-refractivity contribution in [2.75, 3.05) is 49.1 Å². The van der Waals surface area contributed by atoms with Crippen LogP contribution in [0.2, 0.25) is 5.02 Å². The van der Waals surface area contributed by atoms with Crippen molar-refractivity contribution in [2.45, 2.75) is 17.9 Å². The molecule has 2 aliphatic rings. The Morgan fingerprint density at radius 1 is 1.00 bits per heavy atom. The molecular formula is C22H27ClN2S2. The van der Waals surface area contributed by atoms with Gasteiger partial charge >= 0.3 is 0 Å². The Bertz CT molecular complexity index is 754. The largest absolute Gasteiger partial charge is 0.369 e. The summed E-state index contributed by atoms with van der Waals surface area (Å²) in [4.78, 5) is 5.06. The van der Waals surface area contributed by atoms with Crippen molar-refractivity contribution >= 4 is 40.8 Å². The van der Waals surface area contributed by atoms with Crippen LogP contribution in [-0.4, -0.2) is 49.1 Å². The third-order valence-corrected chi connectivity index (χ3v) is 8.84. The maximum absolute atomic E-state index is 6.98. The van der Waals surface area contributed by atoms with E-state index in [-0.39, 0.29) is 0 Å². The second kappa shape index (κ2) is 9.13. The van der Waals surface area contributed by atoms with Gasteiger partial charge in [0.15, 0.2) is 0 Å². The summed E-state index contributed by atoms with van der Waals surface area (Å²) >= 11 is 11.1. The van der Waals surface area contributed by atoms with E-state index in [0.29, 0.717) is 4.58 Å². The summed E-state index contributed by atoms with van der Waals surface area (Å²) < 4.78 is 0.450. The first-order valence-corrected chi connectivity index (χ1v) is 12.3. The lowest BCUT2D eigenvalue weighted by molar-refractivity contribution is 0.271. The molecule has 5 heteroatoms. The minimum Gasteiger partial charge on any atom is -0.369 e. The van der Waals surface area contributed by atoms with Crippen molar-refractivity contribution in [3.05, 3.63) is 53.1 Å². The normalized spacial score (nSPS) is 19.4. The molecule has 0 atom stereocenters. The van der Waals surface area contributed by atoms with Gasteiger partial charge in [-0.05, 0) is 47.7 Å². The minimum absolute atomic E-state index is 0.450. The lowest BCUT2D eigenvalue weighted by Crippen LogP contribution is -2.46. The second-order valence-corrected chi connectivity index (χ2v) is 10.2. The number of nitrogens with zero attached hydrogens (tertiary/aromatic N) is 2. The first-order valence-electron chi connectivity index (χ1n) is 9.85. The van der Waals surface area contributed by atoms with Crippen molar-refractivity contribution in [3.8, 4) is 11.1 Å². The van der Waals surface area contributed by atoms with E-state index in [4.69, 9.17) is 11.6 Å². The van der Waals surface area contributed by atoms with E-state index in [2.05, 4.69) is 59.2 Å². The lowest BCUT2D eigenvalue weighted by Gasteiger charge is -2.36. The van der Waals surface area contributed by atoms with E-state index < -0.39 is 0 Å². The number of piperazine rings is 1. The van der Waals surface area contributed by atoms with E-state index in [1.165, 1.54) is 40.3 Å². The standard InChI is InChI=1S/C22H27ClN2S2/c1-2-24-9-11-25(12-10-24)18-15-19(17-7-4-3-5-8-17)21(23)20(16-18)22-26-13-6-14-27-22/h3-5,7-8,15-16,22H,2,6,9-14H2,1H3. The van der Waals surface area contributed by atoms with E-state index in [0.717, 1.165) is 37.7 Å². The zero-order valence-electron chi connectivity index (χ0n) is 15.9. The smallest absolute Gasteiger partial charge is 0.0766 e. The molecule has 2 heterocycles. The van der Waals surface area contributed by atoms with Gasteiger partial charge in [0, 0.05) is 37.4 Å². The molecule has 2 aromatic rings. The highest BCUT2D eigenvalue weighted by Gasteiger charge is 2.24. The van der Waals surface area contributed by atoms with Crippen molar-refractivity contribution in [2.24, 2.45) is 0 Å². The van der Waals surface area contributed by atoms with Gasteiger partial charge in [-0.25, -0.2) is 0 Å².